The van der Waals surface area contributed by atoms with Crippen molar-refractivity contribution in [3.8, 4) is 5.75 Å². The Hall–Kier alpha value is -0.540. The van der Waals surface area contributed by atoms with Gasteiger partial charge in [0.1, 0.15) is 5.75 Å². The van der Waals surface area contributed by atoms with Crippen molar-refractivity contribution >= 4 is 15.9 Å². The van der Waals surface area contributed by atoms with Crippen LogP contribution in [0, 0.1) is 0 Å². The van der Waals surface area contributed by atoms with Crippen molar-refractivity contribution in [2.24, 2.45) is 0 Å². The van der Waals surface area contributed by atoms with Crippen LogP contribution in [0.5, 0.6) is 5.75 Å². The Morgan fingerprint density at radius 2 is 2.08 bits per heavy atom. The lowest BCUT2D eigenvalue weighted by molar-refractivity contribution is 0.185. The van der Waals surface area contributed by atoms with Crippen LogP contribution in [0.3, 0.4) is 0 Å². The van der Waals surface area contributed by atoms with Crippen molar-refractivity contribution in [2.75, 3.05) is 14.2 Å². The topological polar surface area (TPSA) is 18.5 Å². The summed E-state index contributed by atoms with van der Waals surface area (Å²) in [4.78, 5) is 0. The van der Waals surface area contributed by atoms with E-state index in [1.807, 2.05) is 18.2 Å². The molecule has 2 nitrogen and oxygen atoms in total. The first-order chi connectivity index (χ1) is 5.77. The summed E-state index contributed by atoms with van der Waals surface area (Å²) < 4.78 is 11.0. The van der Waals surface area contributed by atoms with E-state index in [1.54, 1.807) is 14.2 Å². The SMILES string of the molecule is COCc1ccc(OC)c(Br)c1. The monoisotopic (exact) mass is 230 g/mol. The molecule has 0 unspecified atom stereocenters. The van der Waals surface area contributed by atoms with Gasteiger partial charge in [-0.05, 0) is 33.6 Å². The molecule has 0 aliphatic carbocycles. The largest absolute Gasteiger partial charge is 0.496 e. The van der Waals surface area contributed by atoms with Gasteiger partial charge in [0.2, 0.25) is 0 Å². The molecule has 1 rings (SSSR count). The summed E-state index contributed by atoms with van der Waals surface area (Å²) in [7, 11) is 3.33. The minimum Gasteiger partial charge on any atom is -0.496 e. The molecule has 0 aliphatic heterocycles. The zero-order valence-corrected chi connectivity index (χ0v) is 8.72. The van der Waals surface area contributed by atoms with Crippen LogP contribution < -0.4 is 4.74 Å². The summed E-state index contributed by atoms with van der Waals surface area (Å²) >= 11 is 3.40. The summed E-state index contributed by atoms with van der Waals surface area (Å²) in [6.07, 6.45) is 0. The van der Waals surface area contributed by atoms with Crippen molar-refractivity contribution in [1.82, 2.24) is 0 Å². The van der Waals surface area contributed by atoms with Crippen LogP contribution in [-0.4, -0.2) is 14.2 Å². The molecular weight excluding hydrogens is 220 g/mol. The van der Waals surface area contributed by atoms with Crippen LogP contribution in [0.1, 0.15) is 5.56 Å². The third-order valence-electron chi connectivity index (χ3n) is 1.53. The zero-order valence-electron chi connectivity index (χ0n) is 7.13. The van der Waals surface area contributed by atoms with Gasteiger partial charge in [-0.1, -0.05) is 6.07 Å². The molecule has 0 N–H and O–H groups in total. The molecule has 0 fully saturated rings. The van der Waals surface area contributed by atoms with Gasteiger partial charge in [-0.25, -0.2) is 0 Å². The molecule has 0 heterocycles. The Bertz CT molecular complexity index is 261. The van der Waals surface area contributed by atoms with Crippen LogP contribution in [0.15, 0.2) is 22.7 Å². The standard InChI is InChI=1S/C9H11BrO2/c1-11-6-7-3-4-9(12-2)8(10)5-7/h3-5H,6H2,1-2H3. The van der Waals surface area contributed by atoms with E-state index in [2.05, 4.69) is 15.9 Å². The molecule has 3 heteroatoms. The minimum absolute atomic E-state index is 0.628. The number of benzene rings is 1. The highest BCUT2D eigenvalue weighted by Gasteiger charge is 1.99. The fourth-order valence-corrected chi connectivity index (χ4v) is 1.55. The molecule has 0 spiro atoms. The fraction of sp³-hybridized carbons (Fsp3) is 0.333. The van der Waals surface area contributed by atoms with Crippen molar-refractivity contribution in [1.29, 1.82) is 0 Å². The Morgan fingerprint density at radius 3 is 2.58 bits per heavy atom. The number of methoxy groups -OCH3 is 2. The third kappa shape index (κ3) is 2.22. The Kier molecular flexibility index (Phi) is 3.56. The highest BCUT2D eigenvalue weighted by molar-refractivity contribution is 9.10. The van der Waals surface area contributed by atoms with Gasteiger partial charge in [-0.2, -0.15) is 0 Å². The van der Waals surface area contributed by atoms with Gasteiger partial charge in [0.15, 0.2) is 0 Å². The third-order valence-corrected chi connectivity index (χ3v) is 2.15. The number of hydrogen-bond acceptors (Lipinski definition) is 2. The summed E-state index contributed by atoms with van der Waals surface area (Å²) in [6.45, 7) is 0.628. The molecule has 0 amide bonds. The first-order valence-electron chi connectivity index (χ1n) is 3.59. The molecule has 0 saturated heterocycles. The molecule has 0 saturated carbocycles. The molecule has 0 atom stereocenters. The summed E-state index contributed by atoms with van der Waals surface area (Å²) in [5.41, 5.74) is 1.13. The minimum atomic E-state index is 0.628. The number of halogens is 1. The van der Waals surface area contributed by atoms with Crippen molar-refractivity contribution in [2.45, 2.75) is 6.61 Å². The van der Waals surface area contributed by atoms with E-state index in [1.165, 1.54) is 0 Å². The molecule has 0 aromatic heterocycles. The second kappa shape index (κ2) is 4.48. The van der Waals surface area contributed by atoms with E-state index in [-0.39, 0.29) is 0 Å². The van der Waals surface area contributed by atoms with Crippen LogP contribution >= 0.6 is 15.9 Å². The molecule has 1 aromatic carbocycles. The van der Waals surface area contributed by atoms with Gasteiger partial charge in [0.25, 0.3) is 0 Å². The second-order valence-corrected chi connectivity index (χ2v) is 3.26. The molecule has 66 valence electrons. The predicted octanol–water partition coefficient (Wildman–Crippen LogP) is 2.60. The normalized spacial score (nSPS) is 9.92. The highest BCUT2D eigenvalue weighted by Crippen LogP contribution is 2.25. The van der Waals surface area contributed by atoms with E-state index in [4.69, 9.17) is 9.47 Å². The number of hydrogen-bond donors (Lipinski definition) is 0. The van der Waals surface area contributed by atoms with E-state index in [9.17, 15) is 0 Å². The smallest absolute Gasteiger partial charge is 0.133 e. The summed E-state index contributed by atoms with van der Waals surface area (Å²) in [5, 5.41) is 0. The maximum absolute atomic E-state index is 5.09. The summed E-state index contributed by atoms with van der Waals surface area (Å²) in [6, 6.07) is 5.88. The van der Waals surface area contributed by atoms with Gasteiger partial charge in [-0.15, -0.1) is 0 Å². The predicted molar refractivity (Wildman–Crippen MR) is 51.4 cm³/mol. The average molecular weight is 231 g/mol. The highest BCUT2D eigenvalue weighted by atomic mass is 79.9. The maximum Gasteiger partial charge on any atom is 0.133 e. The van der Waals surface area contributed by atoms with Crippen molar-refractivity contribution in [3.63, 3.8) is 0 Å². The summed E-state index contributed by atoms with van der Waals surface area (Å²) in [5.74, 6) is 0.842. The quantitative estimate of drug-likeness (QED) is 0.795. The molecule has 0 radical (unpaired) electrons. The van der Waals surface area contributed by atoms with Crippen LogP contribution in [0.25, 0.3) is 0 Å². The van der Waals surface area contributed by atoms with Crippen LogP contribution in [-0.2, 0) is 11.3 Å². The van der Waals surface area contributed by atoms with E-state index in [0.717, 1.165) is 15.8 Å². The Morgan fingerprint density at radius 1 is 1.33 bits per heavy atom. The van der Waals surface area contributed by atoms with Gasteiger partial charge >= 0.3 is 0 Å². The van der Waals surface area contributed by atoms with Crippen LogP contribution in [0.4, 0.5) is 0 Å². The van der Waals surface area contributed by atoms with Gasteiger partial charge < -0.3 is 9.47 Å². The molecule has 1 aromatic rings. The first-order valence-corrected chi connectivity index (χ1v) is 4.38. The van der Waals surface area contributed by atoms with E-state index < -0.39 is 0 Å². The lowest BCUT2D eigenvalue weighted by Crippen LogP contribution is -1.89. The molecule has 12 heavy (non-hydrogen) atoms. The molecule has 0 aliphatic rings. The van der Waals surface area contributed by atoms with Crippen LogP contribution in [0.2, 0.25) is 0 Å². The number of rotatable bonds is 3. The average Bonchev–Trinajstić information content (AvgIpc) is 2.05. The van der Waals surface area contributed by atoms with Gasteiger partial charge in [0, 0.05) is 7.11 Å². The Balaban J connectivity index is 2.86. The van der Waals surface area contributed by atoms with Gasteiger partial charge in [0.05, 0.1) is 18.2 Å². The first kappa shape index (κ1) is 9.55. The van der Waals surface area contributed by atoms with Crippen molar-refractivity contribution in [3.05, 3.63) is 28.2 Å². The van der Waals surface area contributed by atoms with E-state index >= 15 is 0 Å². The fourth-order valence-electron chi connectivity index (χ4n) is 0.966. The van der Waals surface area contributed by atoms with Gasteiger partial charge in [-0.3, -0.25) is 0 Å². The second-order valence-electron chi connectivity index (χ2n) is 2.40. The van der Waals surface area contributed by atoms with Crippen molar-refractivity contribution < 1.29 is 9.47 Å². The lowest BCUT2D eigenvalue weighted by atomic mass is 10.2. The zero-order chi connectivity index (χ0) is 8.97. The van der Waals surface area contributed by atoms with E-state index in [0.29, 0.717) is 6.61 Å². The molecular formula is C9H11BrO2. The Labute approximate surface area is 80.6 Å². The lowest BCUT2D eigenvalue weighted by Gasteiger charge is -2.04. The maximum atomic E-state index is 5.09. The molecule has 0 bridgehead atoms. The number of ether oxygens (including phenoxy) is 2.